The summed E-state index contributed by atoms with van der Waals surface area (Å²) < 4.78 is 0. The second-order valence-electron chi connectivity index (χ2n) is 2.95. The predicted octanol–water partition coefficient (Wildman–Crippen LogP) is -1.36. The molecule has 0 aromatic rings. The summed E-state index contributed by atoms with van der Waals surface area (Å²) in [5, 5.41) is 18.2. The number of urea groups is 1. The Balaban J connectivity index is 4.40. The number of rotatable bonds is 5. The molecule has 0 aliphatic carbocycles. The Morgan fingerprint density at radius 2 is 1.47 bits per heavy atom. The van der Waals surface area contributed by atoms with Gasteiger partial charge in [-0.25, -0.2) is 9.80 Å². The Morgan fingerprint density at radius 1 is 1.07 bits per heavy atom. The lowest BCUT2D eigenvalue weighted by Crippen LogP contribution is -2.49. The van der Waals surface area contributed by atoms with Crippen LogP contribution in [0.2, 0.25) is 0 Å². The van der Waals surface area contributed by atoms with Crippen molar-refractivity contribution in [2.24, 2.45) is 0 Å². The number of hydrazine groups is 1. The van der Waals surface area contributed by atoms with Gasteiger partial charge in [0.2, 0.25) is 0 Å². The first-order chi connectivity index (χ1) is 6.82. The summed E-state index contributed by atoms with van der Waals surface area (Å²) in [7, 11) is 3.05. The fourth-order valence-electron chi connectivity index (χ4n) is 0.788. The van der Waals surface area contributed by atoms with E-state index in [0.717, 1.165) is 0 Å². The Morgan fingerprint density at radius 3 is 1.73 bits per heavy atom. The van der Waals surface area contributed by atoms with E-state index in [2.05, 4.69) is 5.43 Å². The van der Waals surface area contributed by atoms with E-state index in [1.165, 1.54) is 19.1 Å². The molecule has 0 unspecified atom stereocenters. The largest absolute Gasteiger partial charge is 0.480 e. The minimum Gasteiger partial charge on any atom is -0.480 e. The van der Waals surface area contributed by atoms with Crippen LogP contribution in [0.4, 0.5) is 4.79 Å². The number of carboxylic acids is 2. The number of nitrogens with zero attached hydrogens (tertiary/aromatic N) is 2. The average Bonchev–Trinajstić information content (AvgIpc) is 1.99. The van der Waals surface area contributed by atoms with Crippen molar-refractivity contribution in [1.82, 2.24) is 15.3 Å². The minimum absolute atomic E-state index is 0.661. The van der Waals surface area contributed by atoms with Gasteiger partial charge in [0.1, 0.15) is 13.1 Å². The van der Waals surface area contributed by atoms with Gasteiger partial charge in [-0.1, -0.05) is 0 Å². The molecule has 15 heavy (non-hydrogen) atoms. The lowest BCUT2D eigenvalue weighted by Gasteiger charge is -2.21. The summed E-state index contributed by atoms with van der Waals surface area (Å²) in [4.78, 5) is 32.6. The first-order valence-corrected chi connectivity index (χ1v) is 3.99. The van der Waals surface area contributed by atoms with Crippen molar-refractivity contribution in [2.45, 2.75) is 0 Å². The van der Waals surface area contributed by atoms with E-state index in [0.29, 0.717) is 4.90 Å². The van der Waals surface area contributed by atoms with Crippen molar-refractivity contribution in [3.05, 3.63) is 0 Å². The molecule has 2 amide bonds. The Labute approximate surface area is 86.0 Å². The molecule has 0 aliphatic heterocycles. The van der Waals surface area contributed by atoms with Gasteiger partial charge < -0.3 is 15.1 Å². The van der Waals surface area contributed by atoms with Crippen molar-refractivity contribution in [2.75, 3.05) is 27.2 Å². The number of hydrogen-bond donors (Lipinski definition) is 3. The molecule has 8 nitrogen and oxygen atoms in total. The van der Waals surface area contributed by atoms with Gasteiger partial charge >= 0.3 is 18.0 Å². The van der Waals surface area contributed by atoms with Gasteiger partial charge in [0.15, 0.2) is 0 Å². The predicted molar refractivity (Wildman–Crippen MR) is 49.1 cm³/mol. The van der Waals surface area contributed by atoms with Crippen LogP contribution in [0.15, 0.2) is 0 Å². The van der Waals surface area contributed by atoms with Crippen LogP contribution in [0, 0.1) is 0 Å². The van der Waals surface area contributed by atoms with Gasteiger partial charge in [0.25, 0.3) is 0 Å². The molecule has 0 aromatic carbocycles. The van der Waals surface area contributed by atoms with Crippen molar-refractivity contribution >= 4 is 18.0 Å². The molecule has 8 heteroatoms. The third-order valence-electron chi connectivity index (χ3n) is 1.26. The molecule has 0 bridgehead atoms. The minimum atomic E-state index is -1.27. The second kappa shape index (κ2) is 5.81. The fraction of sp³-hybridized carbons (Fsp3) is 0.571. The normalized spacial score (nSPS) is 9.80. The third kappa shape index (κ3) is 6.27. The molecule has 86 valence electrons. The highest BCUT2D eigenvalue weighted by Crippen LogP contribution is 1.90. The number of amides is 2. The molecule has 3 N–H and O–H groups in total. The second-order valence-corrected chi connectivity index (χ2v) is 2.95. The maximum absolute atomic E-state index is 11.3. The number of carbonyl (C=O) groups excluding carboxylic acids is 1. The van der Waals surface area contributed by atoms with E-state index in [9.17, 15) is 14.4 Å². The topological polar surface area (TPSA) is 110 Å². The van der Waals surface area contributed by atoms with Crippen LogP contribution in [0.5, 0.6) is 0 Å². The summed E-state index contributed by atoms with van der Waals surface area (Å²) in [5.74, 6) is -2.55. The molecule has 0 aromatic heterocycles. The summed E-state index contributed by atoms with van der Waals surface area (Å²) in [6.45, 7) is -1.32. The zero-order valence-corrected chi connectivity index (χ0v) is 8.43. The van der Waals surface area contributed by atoms with Crippen molar-refractivity contribution in [3.63, 3.8) is 0 Å². The molecule has 0 atom stereocenters. The lowest BCUT2D eigenvalue weighted by molar-refractivity contribution is -0.140. The zero-order chi connectivity index (χ0) is 12.0. The highest BCUT2D eigenvalue weighted by molar-refractivity contribution is 5.83. The standard InChI is InChI=1S/C7H13N3O5/c1-9(2)8-7(15)10(3-5(11)12)4-6(13)14/h3-4H2,1-2H3,(H,8,15)(H,11,12)(H,13,14). The number of carbonyl (C=O) groups is 3. The maximum atomic E-state index is 11.3. The molecule has 0 saturated carbocycles. The molecule has 0 aliphatic rings. The maximum Gasteiger partial charge on any atom is 0.332 e. The molecule has 0 radical (unpaired) electrons. The van der Waals surface area contributed by atoms with E-state index < -0.39 is 31.1 Å². The molecule has 0 rings (SSSR count). The Hall–Kier alpha value is -1.83. The lowest BCUT2D eigenvalue weighted by atomic mass is 10.5. The van der Waals surface area contributed by atoms with Gasteiger partial charge in [0, 0.05) is 14.1 Å². The van der Waals surface area contributed by atoms with Crippen LogP contribution in [-0.2, 0) is 9.59 Å². The van der Waals surface area contributed by atoms with Crippen LogP contribution in [-0.4, -0.2) is 65.3 Å². The molecular weight excluding hydrogens is 206 g/mol. The van der Waals surface area contributed by atoms with E-state index in [-0.39, 0.29) is 0 Å². The van der Waals surface area contributed by atoms with Crippen molar-refractivity contribution in [1.29, 1.82) is 0 Å². The van der Waals surface area contributed by atoms with Gasteiger partial charge in [-0.05, 0) is 0 Å². The van der Waals surface area contributed by atoms with E-state index in [1.807, 2.05) is 0 Å². The summed E-state index contributed by atoms with van der Waals surface area (Å²) in [6.07, 6.45) is 0. The number of nitrogens with one attached hydrogen (secondary N) is 1. The first kappa shape index (κ1) is 13.2. The number of carboxylic acid groups (broad SMARTS) is 2. The molecule has 0 spiro atoms. The number of hydrogen-bond acceptors (Lipinski definition) is 4. The van der Waals surface area contributed by atoms with Gasteiger partial charge in [-0.15, -0.1) is 0 Å². The summed E-state index contributed by atoms with van der Waals surface area (Å²) >= 11 is 0. The van der Waals surface area contributed by atoms with Crippen LogP contribution in [0.3, 0.4) is 0 Å². The third-order valence-corrected chi connectivity index (χ3v) is 1.26. The first-order valence-electron chi connectivity index (χ1n) is 3.99. The zero-order valence-electron chi connectivity index (χ0n) is 8.43. The van der Waals surface area contributed by atoms with Gasteiger partial charge in [0.05, 0.1) is 0 Å². The number of aliphatic carboxylic acids is 2. The highest BCUT2D eigenvalue weighted by Gasteiger charge is 2.19. The Kier molecular flexibility index (Phi) is 5.10. The fourth-order valence-corrected chi connectivity index (χ4v) is 0.788. The van der Waals surface area contributed by atoms with Crippen molar-refractivity contribution in [3.8, 4) is 0 Å². The Bertz CT molecular complexity index is 249. The monoisotopic (exact) mass is 219 g/mol. The van der Waals surface area contributed by atoms with E-state index >= 15 is 0 Å². The molecule has 0 fully saturated rings. The SMILES string of the molecule is CN(C)NC(=O)N(CC(=O)O)CC(=O)O. The molecular formula is C7H13N3O5. The van der Waals surface area contributed by atoms with Crippen LogP contribution in [0.25, 0.3) is 0 Å². The quantitative estimate of drug-likeness (QED) is 0.493. The summed E-state index contributed by atoms with van der Waals surface area (Å²) in [6, 6.07) is -0.773. The smallest absolute Gasteiger partial charge is 0.332 e. The molecule has 0 saturated heterocycles. The van der Waals surface area contributed by atoms with Crippen molar-refractivity contribution < 1.29 is 24.6 Å². The summed E-state index contributed by atoms with van der Waals surface area (Å²) in [5.41, 5.74) is 2.25. The highest BCUT2D eigenvalue weighted by atomic mass is 16.4. The molecule has 0 heterocycles. The van der Waals surface area contributed by atoms with Crippen LogP contribution < -0.4 is 5.43 Å². The average molecular weight is 219 g/mol. The van der Waals surface area contributed by atoms with Gasteiger partial charge in [-0.3, -0.25) is 15.0 Å². The van der Waals surface area contributed by atoms with Crippen LogP contribution >= 0.6 is 0 Å². The van der Waals surface area contributed by atoms with Crippen LogP contribution in [0.1, 0.15) is 0 Å². The van der Waals surface area contributed by atoms with E-state index in [1.54, 1.807) is 0 Å². The van der Waals surface area contributed by atoms with E-state index in [4.69, 9.17) is 10.2 Å². The van der Waals surface area contributed by atoms with Gasteiger partial charge in [-0.2, -0.15) is 0 Å².